The van der Waals surface area contributed by atoms with Gasteiger partial charge in [0.05, 0.1) is 16.8 Å². The van der Waals surface area contributed by atoms with E-state index in [1.54, 1.807) is 23.4 Å². The molecule has 32 heavy (non-hydrogen) atoms. The van der Waals surface area contributed by atoms with Crippen LogP contribution in [0.5, 0.6) is 5.75 Å². The number of ether oxygens (including phenoxy) is 1. The number of thioether (sulfide) groups is 1. The molecule has 1 aromatic heterocycles. The highest BCUT2D eigenvalue weighted by Gasteiger charge is 2.32. The molecule has 0 saturated carbocycles. The number of pyridine rings is 1. The molecule has 0 spiro atoms. The van der Waals surface area contributed by atoms with Gasteiger partial charge in [-0.15, -0.1) is 6.58 Å². The van der Waals surface area contributed by atoms with Crippen molar-refractivity contribution in [3.05, 3.63) is 107 Å². The van der Waals surface area contributed by atoms with Gasteiger partial charge in [-0.05, 0) is 65.4 Å². The van der Waals surface area contributed by atoms with Crippen molar-refractivity contribution < 1.29 is 9.53 Å². The van der Waals surface area contributed by atoms with E-state index in [-0.39, 0.29) is 5.91 Å². The lowest BCUT2D eigenvalue weighted by Crippen LogP contribution is -2.29. The van der Waals surface area contributed by atoms with E-state index in [0.29, 0.717) is 33.9 Å². The largest absolute Gasteiger partial charge is 0.489 e. The molecule has 0 radical (unpaired) electrons. The summed E-state index contributed by atoms with van der Waals surface area (Å²) in [5.74, 6) is 0.653. The van der Waals surface area contributed by atoms with Crippen LogP contribution in [-0.4, -0.2) is 27.5 Å². The molecule has 160 valence electrons. The molecule has 2 heterocycles. The SMILES string of the molecule is C=CCN1C(=O)/C(=C/c2ccc(OCc3ccc(Cl)cc3)cc2)SC1=Nc1cccnc1. The molecule has 0 aliphatic carbocycles. The van der Waals surface area contributed by atoms with Crippen LogP contribution in [0.1, 0.15) is 11.1 Å². The smallest absolute Gasteiger partial charge is 0.267 e. The van der Waals surface area contributed by atoms with Gasteiger partial charge in [0.2, 0.25) is 0 Å². The number of aliphatic imine (C=N–C) groups is 1. The number of aromatic nitrogens is 1. The quantitative estimate of drug-likeness (QED) is 0.315. The Labute approximate surface area is 196 Å². The van der Waals surface area contributed by atoms with Crippen molar-refractivity contribution in [1.29, 1.82) is 0 Å². The fraction of sp³-hybridized carbons (Fsp3) is 0.0800. The van der Waals surface area contributed by atoms with Crippen LogP contribution in [-0.2, 0) is 11.4 Å². The average Bonchev–Trinajstić information content (AvgIpc) is 3.09. The maximum atomic E-state index is 12.9. The van der Waals surface area contributed by atoms with Gasteiger partial charge in [0.1, 0.15) is 12.4 Å². The topological polar surface area (TPSA) is 54.8 Å². The number of hydrogen-bond donors (Lipinski definition) is 0. The number of benzene rings is 2. The molecule has 3 aromatic rings. The predicted molar refractivity (Wildman–Crippen MR) is 131 cm³/mol. The van der Waals surface area contributed by atoms with Crippen LogP contribution in [0.2, 0.25) is 5.02 Å². The van der Waals surface area contributed by atoms with Crippen molar-refractivity contribution in [2.24, 2.45) is 4.99 Å². The van der Waals surface area contributed by atoms with Crippen LogP contribution < -0.4 is 4.74 Å². The lowest BCUT2D eigenvalue weighted by Gasteiger charge is -2.12. The minimum absolute atomic E-state index is 0.0967. The second-order valence-corrected chi connectivity index (χ2v) is 8.35. The Morgan fingerprint density at radius 1 is 1.12 bits per heavy atom. The van der Waals surface area contributed by atoms with E-state index >= 15 is 0 Å². The number of carbonyl (C=O) groups is 1. The van der Waals surface area contributed by atoms with Crippen LogP contribution in [0.3, 0.4) is 0 Å². The highest BCUT2D eigenvalue weighted by atomic mass is 35.5. The zero-order valence-electron chi connectivity index (χ0n) is 17.1. The van der Waals surface area contributed by atoms with Crippen LogP contribution in [0, 0.1) is 0 Å². The van der Waals surface area contributed by atoms with Gasteiger partial charge in [0.15, 0.2) is 5.17 Å². The third kappa shape index (κ3) is 5.46. The first-order chi connectivity index (χ1) is 15.6. The molecule has 5 nitrogen and oxygen atoms in total. The van der Waals surface area contributed by atoms with Gasteiger partial charge in [-0.3, -0.25) is 14.7 Å². The average molecular weight is 462 g/mol. The number of rotatable bonds is 7. The van der Waals surface area contributed by atoms with E-state index in [2.05, 4.69) is 16.6 Å². The van der Waals surface area contributed by atoms with Crippen LogP contribution in [0.15, 0.2) is 95.6 Å². The molecule has 0 bridgehead atoms. The molecule has 7 heteroatoms. The number of amidine groups is 1. The molecule has 1 fully saturated rings. The Morgan fingerprint density at radius 2 is 1.91 bits per heavy atom. The van der Waals surface area contributed by atoms with E-state index in [0.717, 1.165) is 16.9 Å². The Kier molecular flexibility index (Phi) is 7.04. The third-order valence-electron chi connectivity index (χ3n) is 4.57. The summed E-state index contributed by atoms with van der Waals surface area (Å²) < 4.78 is 5.83. The van der Waals surface area contributed by atoms with E-state index in [1.807, 2.05) is 66.7 Å². The number of nitrogens with zero attached hydrogens (tertiary/aromatic N) is 3. The Bertz CT molecular complexity index is 1160. The van der Waals surface area contributed by atoms with Crippen molar-refractivity contribution in [2.75, 3.05) is 6.54 Å². The van der Waals surface area contributed by atoms with Gasteiger partial charge in [0.25, 0.3) is 5.91 Å². The number of carbonyl (C=O) groups excluding carboxylic acids is 1. The summed E-state index contributed by atoms with van der Waals surface area (Å²) in [7, 11) is 0. The number of amides is 1. The second-order valence-electron chi connectivity index (χ2n) is 6.90. The van der Waals surface area contributed by atoms with E-state index in [4.69, 9.17) is 16.3 Å². The van der Waals surface area contributed by atoms with Gasteiger partial charge in [0, 0.05) is 17.8 Å². The summed E-state index contributed by atoms with van der Waals surface area (Å²) in [5, 5.41) is 1.31. The number of halogens is 1. The Hall–Kier alpha value is -3.35. The van der Waals surface area contributed by atoms with Gasteiger partial charge >= 0.3 is 0 Å². The van der Waals surface area contributed by atoms with E-state index < -0.39 is 0 Å². The zero-order valence-corrected chi connectivity index (χ0v) is 18.7. The van der Waals surface area contributed by atoms with E-state index in [1.165, 1.54) is 11.8 Å². The summed E-state index contributed by atoms with van der Waals surface area (Å²) >= 11 is 7.25. The van der Waals surface area contributed by atoms with Gasteiger partial charge in [-0.25, -0.2) is 4.99 Å². The highest BCUT2D eigenvalue weighted by molar-refractivity contribution is 8.18. The monoisotopic (exact) mass is 461 g/mol. The van der Waals surface area contributed by atoms with Crippen molar-refractivity contribution in [3.63, 3.8) is 0 Å². The minimum Gasteiger partial charge on any atom is -0.489 e. The predicted octanol–water partition coefficient (Wildman–Crippen LogP) is 6.10. The molecule has 0 unspecified atom stereocenters. The summed E-state index contributed by atoms with van der Waals surface area (Å²) in [6.45, 7) is 4.60. The summed E-state index contributed by atoms with van der Waals surface area (Å²) in [4.78, 5) is 23.8. The Balaban J connectivity index is 1.47. The van der Waals surface area contributed by atoms with E-state index in [9.17, 15) is 4.79 Å². The van der Waals surface area contributed by atoms with Crippen molar-refractivity contribution in [1.82, 2.24) is 9.88 Å². The molecule has 0 atom stereocenters. The van der Waals surface area contributed by atoms with Gasteiger partial charge < -0.3 is 4.74 Å². The standard InChI is InChI=1S/C25H20ClN3O2S/c1-2-14-29-24(30)23(32-25(29)28-21-4-3-13-27-16-21)15-18-7-11-22(12-8-18)31-17-19-5-9-20(26)10-6-19/h2-13,15-16H,1,14,17H2/b23-15-,28-25?. The molecule has 4 rings (SSSR count). The van der Waals surface area contributed by atoms with Gasteiger partial charge in [-0.2, -0.15) is 0 Å². The molecule has 2 aromatic carbocycles. The second kappa shape index (κ2) is 10.3. The lowest BCUT2D eigenvalue weighted by molar-refractivity contribution is -0.121. The molecule has 1 amide bonds. The molecular weight excluding hydrogens is 442 g/mol. The molecule has 1 saturated heterocycles. The summed E-state index contributed by atoms with van der Waals surface area (Å²) in [5.41, 5.74) is 2.64. The minimum atomic E-state index is -0.0967. The first-order valence-electron chi connectivity index (χ1n) is 9.91. The van der Waals surface area contributed by atoms with Crippen molar-refractivity contribution >= 4 is 46.2 Å². The first-order valence-corrected chi connectivity index (χ1v) is 11.1. The maximum Gasteiger partial charge on any atom is 0.267 e. The molecule has 1 aliphatic rings. The van der Waals surface area contributed by atoms with Crippen LogP contribution >= 0.6 is 23.4 Å². The molecule has 1 aliphatic heterocycles. The fourth-order valence-electron chi connectivity index (χ4n) is 2.97. The van der Waals surface area contributed by atoms with Crippen molar-refractivity contribution in [2.45, 2.75) is 6.61 Å². The van der Waals surface area contributed by atoms with Crippen LogP contribution in [0.4, 0.5) is 5.69 Å². The van der Waals surface area contributed by atoms with Crippen molar-refractivity contribution in [3.8, 4) is 5.75 Å². The maximum absolute atomic E-state index is 12.9. The molecular formula is C25H20ClN3O2S. The first kappa shape index (κ1) is 21.9. The lowest BCUT2D eigenvalue weighted by atomic mass is 10.2. The summed E-state index contributed by atoms with van der Waals surface area (Å²) in [6, 6.07) is 18.8. The van der Waals surface area contributed by atoms with Gasteiger partial charge in [-0.1, -0.05) is 41.9 Å². The fourth-order valence-corrected chi connectivity index (χ4v) is 4.10. The summed E-state index contributed by atoms with van der Waals surface area (Å²) in [6.07, 6.45) is 6.89. The third-order valence-corrected chi connectivity index (χ3v) is 5.83. The Morgan fingerprint density at radius 3 is 2.59 bits per heavy atom. The highest BCUT2D eigenvalue weighted by Crippen LogP contribution is 2.34. The normalized spacial score (nSPS) is 16.0. The zero-order chi connectivity index (χ0) is 22.3. The van der Waals surface area contributed by atoms with Crippen LogP contribution in [0.25, 0.3) is 6.08 Å². The molecule has 0 N–H and O–H groups in total. The number of hydrogen-bond acceptors (Lipinski definition) is 5.